The van der Waals surface area contributed by atoms with Gasteiger partial charge in [-0.25, -0.2) is 0 Å². The molecule has 0 radical (unpaired) electrons. The van der Waals surface area contributed by atoms with E-state index in [1.54, 1.807) is 0 Å². The second-order valence-corrected chi connectivity index (χ2v) is 8.19. The molecule has 250 valence electrons. The molecule has 0 atom stereocenters. The van der Waals surface area contributed by atoms with Crippen LogP contribution in [0.25, 0.3) is 0 Å². The Hall–Kier alpha value is -0.960. The van der Waals surface area contributed by atoms with E-state index in [0.717, 1.165) is 0 Å². The van der Waals surface area contributed by atoms with Crippen LogP contribution < -0.4 is 0 Å². The average molecular weight is 613 g/mol. The van der Waals surface area contributed by atoms with Gasteiger partial charge in [0.05, 0.1) is 159 Å². The fraction of sp³-hybridized carbons (Fsp3) is 0.931. The highest BCUT2D eigenvalue weighted by Crippen LogP contribution is 1.87. The molecule has 0 bridgehead atoms. The molecule has 0 amide bonds. The van der Waals surface area contributed by atoms with Gasteiger partial charge in [-0.1, -0.05) is 5.92 Å². The lowest BCUT2D eigenvalue weighted by Crippen LogP contribution is -2.15. The molecule has 42 heavy (non-hydrogen) atoms. The summed E-state index contributed by atoms with van der Waals surface area (Å²) >= 11 is 0. The summed E-state index contributed by atoms with van der Waals surface area (Å²) in [5.41, 5.74) is 0. The van der Waals surface area contributed by atoms with Gasteiger partial charge in [0.15, 0.2) is 0 Å². The van der Waals surface area contributed by atoms with Crippen molar-refractivity contribution in [2.45, 2.75) is 6.92 Å². The molecule has 13 heteroatoms. The van der Waals surface area contributed by atoms with Crippen LogP contribution in [0.15, 0.2) is 0 Å². The Bertz CT molecular complexity index is 522. The molecule has 0 rings (SSSR count). The fourth-order valence-corrected chi connectivity index (χ4v) is 2.81. The van der Waals surface area contributed by atoms with Gasteiger partial charge >= 0.3 is 0 Å². The Morgan fingerprint density at radius 2 is 0.452 bits per heavy atom. The van der Waals surface area contributed by atoms with E-state index in [-0.39, 0.29) is 0 Å². The van der Waals surface area contributed by atoms with Gasteiger partial charge in [0, 0.05) is 6.61 Å². The van der Waals surface area contributed by atoms with Gasteiger partial charge in [-0.2, -0.15) is 0 Å². The molecule has 0 aromatic heterocycles. The van der Waals surface area contributed by atoms with E-state index in [9.17, 15) is 0 Å². The van der Waals surface area contributed by atoms with Crippen molar-refractivity contribution < 1.29 is 61.6 Å². The first-order valence-corrected chi connectivity index (χ1v) is 14.9. The van der Waals surface area contributed by atoms with E-state index in [2.05, 4.69) is 5.92 Å². The second-order valence-electron chi connectivity index (χ2n) is 8.19. The Morgan fingerprint density at radius 3 is 0.619 bits per heavy atom. The highest BCUT2D eigenvalue weighted by atomic mass is 16.6. The average Bonchev–Trinajstić information content (AvgIpc) is 3.00. The minimum atomic E-state index is 0.308. The number of hydrogen-bond donors (Lipinski definition) is 0. The Balaban J connectivity index is 3.02. The van der Waals surface area contributed by atoms with Gasteiger partial charge in [-0.3, -0.25) is 0 Å². The molecule has 0 aliphatic heterocycles. The van der Waals surface area contributed by atoms with E-state index in [4.69, 9.17) is 68.0 Å². The Labute approximate surface area is 252 Å². The third kappa shape index (κ3) is 39.0. The van der Waals surface area contributed by atoms with Gasteiger partial charge in [0.1, 0.15) is 6.61 Å². The summed E-state index contributed by atoms with van der Waals surface area (Å²) in [7, 11) is 0. The largest absolute Gasteiger partial charge is 0.379 e. The summed E-state index contributed by atoms with van der Waals surface area (Å²) in [5, 5.41) is 0. The van der Waals surface area contributed by atoms with Gasteiger partial charge in [0.25, 0.3) is 0 Å². The molecular formula is C29H56O13. The van der Waals surface area contributed by atoms with Crippen molar-refractivity contribution in [1.82, 2.24) is 0 Å². The van der Waals surface area contributed by atoms with Crippen molar-refractivity contribution in [2.24, 2.45) is 0 Å². The van der Waals surface area contributed by atoms with Crippen LogP contribution in [0, 0.1) is 12.3 Å². The van der Waals surface area contributed by atoms with E-state index in [1.165, 1.54) is 0 Å². The summed E-state index contributed by atoms with van der Waals surface area (Å²) in [4.78, 5) is 0. The normalized spacial score (nSPS) is 11.3. The second kappa shape index (κ2) is 40.0. The lowest BCUT2D eigenvalue weighted by Gasteiger charge is -2.09. The smallest absolute Gasteiger partial charge is 0.107 e. The zero-order valence-corrected chi connectivity index (χ0v) is 25.8. The third-order valence-corrected chi connectivity index (χ3v) is 4.85. The third-order valence-electron chi connectivity index (χ3n) is 4.85. The number of ether oxygens (including phenoxy) is 13. The van der Waals surface area contributed by atoms with Crippen LogP contribution in [0.4, 0.5) is 0 Å². The van der Waals surface area contributed by atoms with Crippen molar-refractivity contribution in [3.63, 3.8) is 0 Å². The summed E-state index contributed by atoms with van der Waals surface area (Å²) in [6.45, 7) is 15.6. The summed E-state index contributed by atoms with van der Waals surface area (Å²) in [6.07, 6.45) is 5.08. The van der Waals surface area contributed by atoms with Crippen LogP contribution in [0.5, 0.6) is 0 Å². The SMILES string of the molecule is C#CCOCCOCCOCCOCCOCCOCCOCCOCCOCCOCCOCCOCCOCC. The Morgan fingerprint density at radius 1 is 0.286 bits per heavy atom. The van der Waals surface area contributed by atoms with Gasteiger partial charge < -0.3 is 61.6 Å². The van der Waals surface area contributed by atoms with Crippen LogP contribution in [-0.4, -0.2) is 172 Å². The first-order valence-electron chi connectivity index (χ1n) is 14.9. The van der Waals surface area contributed by atoms with Crippen LogP contribution >= 0.6 is 0 Å². The standard InChI is InChI=1S/C29H56O13/c1-3-5-31-8-9-33-12-13-35-16-17-37-20-21-39-24-25-41-28-29-42-27-26-40-23-22-38-19-18-36-15-14-34-11-10-32-7-6-30-4-2/h1H,4-29H2,2H3. The lowest BCUT2D eigenvalue weighted by atomic mass is 10.6. The number of hydrogen-bond acceptors (Lipinski definition) is 13. The summed E-state index contributed by atoms with van der Waals surface area (Å²) in [5.74, 6) is 2.40. The van der Waals surface area contributed by atoms with Crippen LogP contribution in [-0.2, 0) is 61.6 Å². The van der Waals surface area contributed by atoms with Crippen LogP contribution in [0.2, 0.25) is 0 Å². The first kappa shape index (κ1) is 41.0. The molecule has 0 aliphatic rings. The van der Waals surface area contributed by atoms with Crippen molar-refractivity contribution >= 4 is 0 Å². The molecule has 0 fully saturated rings. The molecule has 0 aromatic carbocycles. The highest BCUT2D eigenvalue weighted by Gasteiger charge is 1.96. The zero-order chi connectivity index (χ0) is 30.3. The summed E-state index contributed by atoms with van der Waals surface area (Å²) in [6, 6.07) is 0. The van der Waals surface area contributed by atoms with Gasteiger partial charge in [-0.15, -0.1) is 6.42 Å². The van der Waals surface area contributed by atoms with E-state index in [0.29, 0.717) is 172 Å². The predicted octanol–water partition coefficient (Wildman–Crippen LogP) is 0.855. The molecule has 13 nitrogen and oxygen atoms in total. The molecular weight excluding hydrogens is 556 g/mol. The molecule has 0 N–H and O–H groups in total. The highest BCUT2D eigenvalue weighted by molar-refractivity contribution is 4.82. The van der Waals surface area contributed by atoms with Crippen molar-refractivity contribution in [3.05, 3.63) is 0 Å². The Kier molecular flexibility index (Phi) is 39.1. The molecule has 0 saturated heterocycles. The van der Waals surface area contributed by atoms with Crippen molar-refractivity contribution in [3.8, 4) is 12.3 Å². The van der Waals surface area contributed by atoms with E-state index < -0.39 is 0 Å². The zero-order valence-electron chi connectivity index (χ0n) is 25.8. The van der Waals surface area contributed by atoms with E-state index in [1.807, 2.05) is 6.92 Å². The minimum Gasteiger partial charge on any atom is -0.379 e. The maximum absolute atomic E-state index is 5.47. The van der Waals surface area contributed by atoms with Gasteiger partial charge in [0.2, 0.25) is 0 Å². The van der Waals surface area contributed by atoms with E-state index >= 15 is 0 Å². The fourth-order valence-electron chi connectivity index (χ4n) is 2.81. The predicted molar refractivity (Wildman–Crippen MR) is 155 cm³/mol. The quantitative estimate of drug-likeness (QED) is 0.0725. The molecule has 0 aliphatic carbocycles. The maximum atomic E-state index is 5.47. The van der Waals surface area contributed by atoms with Crippen LogP contribution in [0.3, 0.4) is 0 Å². The lowest BCUT2D eigenvalue weighted by molar-refractivity contribution is -0.0288. The van der Waals surface area contributed by atoms with Gasteiger partial charge in [-0.05, 0) is 6.92 Å². The molecule has 0 heterocycles. The molecule has 0 unspecified atom stereocenters. The number of terminal acetylenes is 1. The summed E-state index contributed by atoms with van der Waals surface area (Å²) < 4.78 is 70.0. The monoisotopic (exact) mass is 612 g/mol. The van der Waals surface area contributed by atoms with Crippen LogP contribution in [0.1, 0.15) is 6.92 Å². The molecule has 0 spiro atoms. The topological polar surface area (TPSA) is 120 Å². The van der Waals surface area contributed by atoms with Crippen molar-refractivity contribution in [2.75, 3.05) is 172 Å². The first-order chi connectivity index (χ1) is 20.9. The molecule has 0 aromatic rings. The molecule has 0 saturated carbocycles. The minimum absolute atomic E-state index is 0.308. The van der Waals surface area contributed by atoms with Crippen molar-refractivity contribution in [1.29, 1.82) is 0 Å². The maximum Gasteiger partial charge on any atom is 0.107 e. The number of rotatable bonds is 38.